The van der Waals surface area contributed by atoms with E-state index in [1.54, 1.807) is 0 Å². The molecule has 2 rings (SSSR count). The number of piperazine rings is 1. The lowest BCUT2D eigenvalue weighted by molar-refractivity contribution is 0.0973. The standard InChI is InChI=1S/C12H22N2/c1-11-3-5-12(6-4-11)14-9-7-13(2)8-10-14/h12H,1,3-10H2,2H3. The zero-order chi connectivity index (χ0) is 9.97. The molecule has 0 N–H and O–H groups in total. The third-order valence-electron chi connectivity index (χ3n) is 3.72. The lowest BCUT2D eigenvalue weighted by atomic mass is 9.90. The molecule has 2 heteroatoms. The lowest BCUT2D eigenvalue weighted by Gasteiger charge is -2.40. The summed E-state index contributed by atoms with van der Waals surface area (Å²) in [5, 5.41) is 0. The first-order valence-electron chi connectivity index (χ1n) is 5.85. The summed E-state index contributed by atoms with van der Waals surface area (Å²) >= 11 is 0. The van der Waals surface area contributed by atoms with Crippen molar-refractivity contribution < 1.29 is 0 Å². The Hall–Kier alpha value is -0.340. The van der Waals surface area contributed by atoms with Crippen molar-refractivity contribution in [3.05, 3.63) is 12.2 Å². The third-order valence-corrected chi connectivity index (χ3v) is 3.72. The van der Waals surface area contributed by atoms with Gasteiger partial charge in [0.1, 0.15) is 0 Å². The van der Waals surface area contributed by atoms with Crippen molar-refractivity contribution in [3.63, 3.8) is 0 Å². The van der Waals surface area contributed by atoms with Crippen molar-refractivity contribution in [2.75, 3.05) is 33.2 Å². The third kappa shape index (κ3) is 2.37. The van der Waals surface area contributed by atoms with Crippen LogP contribution < -0.4 is 0 Å². The minimum Gasteiger partial charge on any atom is -0.304 e. The summed E-state index contributed by atoms with van der Waals surface area (Å²) in [6.45, 7) is 9.12. The highest BCUT2D eigenvalue weighted by molar-refractivity contribution is 5.00. The first-order valence-corrected chi connectivity index (χ1v) is 5.85. The molecule has 2 aliphatic rings. The smallest absolute Gasteiger partial charge is 0.0113 e. The van der Waals surface area contributed by atoms with Gasteiger partial charge in [0.05, 0.1) is 0 Å². The monoisotopic (exact) mass is 194 g/mol. The molecule has 1 saturated heterocycles. The molecular formula is C12H22N2. The predicted molar refractivity (Wildman–Crippen MR) is 60.5 cm³/mol. The lowest BCUT2D eigenvalue weighted by Crippen LogP contribution is -2.49. The summed E-state index contributed by atoms with van der Waals surface area (Å²) in [6.07, 6.45) is 5.22. The number of likely N-dealkylation sites (N-methyl/N-ethyl adjacent to an activating group) is 1. The van der Waals surface area contributed by atoms with E-state index in [4.69, 9.17) is 0 Å². The fraction of sp³-hybridized carbons (Fsp3) is 0.833. The molecule has 0 amide bonds. The SMILES string of the molecule is C=C1CCC(N2CCN(C)CC2)CC1. The molecule has 14 heavy (non-hydrogen) atoms. The van der Waals surface area contributed by atoms with Crippen molar-refractivity contribution in [1.82, 2.24) is 9.80 Å². The largest absolute Gasteiger partial charge is 0.304 e. The molecule has 0 atom stereocenters. The van der Waals surface area contributed by atoms with E-state index in [1.165, 1.54) is 57.4 Å². The number of allylic oxidation sites excluding steroid dienone is 1. The highest BCUT2D eigenvalue weighted by Crippen LogP contribution is 2.26. The van der Waals surface area contributed by atoms with Gasteiger partial charge in [-0.2, -0.15) is 0 Å². The molecule has 0 spiro atoms. The van der Waals surface area contributed by atoms with E-state index in [1.807, 2.05) is 0 Å². The van der Waals surface area contributed by atoms with Crippen LogP contribution in [0.3, 0.4) is 0 Å². The second kappa shape index (κ2) is 4.45. The molecular weight excluding hydrogens is 172 g/mol. The van der Waals surface area contributed by atoms with Crippen molar-refractivity contribution in [2.45, 2.75) is 31.7 Å². The second-order valence-corrected chi connectivity index (χ2v) is 4.82. The van der Waals surface area contributed by atoms with Crippen LogP contribution in [0, 0.1) is 0 Å². The maximum Gasteiger partial charge on any atom is 0.0113 e. The highest BCUT2D eigenvalue weighted by Gasteiger charge is 2.24. The molecule has 0 aromatic rings. The molecule has 1 aliphatic heterocycles. The minimum absolute atomic E-state index is 0.856. The Balaban J connectivity index is 1.81. The van der Waals surface area contributed by atoms with Gasteiger partial charge in [-0.15, -0.1) is 0 Å². The van der Waals surface area contributed by atoms with E-state index in [0.29, 0.717) is 0 Å². The minimum atomic E-state index is 0.856. The molecule has 1 aliphatic carbocycles. The quantitative estimate of drug-likeness (QED) is 0.587. The maximum absolute atomic E-state index is 4.08. The number of hydrogen-bond donors (Lipinski definition) is 0. The summed E-state index contributed by atoms with van der Waals surface area (Å²) < 4.78 is 0. The van der Waals surface area contributed by atoms with Crippen LogP contribution in [0.4, 0.5) is 0 Å². The zero-order valence-electron chi connectivity index (χ0n) is 9.34. The van der Waals surface area contributed by atoms with Crippen LogP contribution in [0.5, 0.6) is 0 Å². The van der Waals surface area contributed by atoms with Gasteiger partial charge in [0.2, 0.25) is 0 Å². The summed E-state index contributed by atoms with van der Waals surface area (Å²) in [5.74, 6) is 0. The first-order chi connectivity index (χ1) is 6.75. The van der Waals surface area contributed by atoms with Gasteiger partial charge >= 0.3 is 0 Å². The van der Waals surface area contributed by atoms with E-state index in [2.05, 4.69) is 23.4 Å². The molecule has 0 radical (unpaired) electrons. The highest BCUT2D eigenvalue weighted by atomic mass is 15.3. The van der Waals surface area contributed by atoms with Gasteiger partial charge in [0.25, 0.3) is 0 Å². The van der Waals surface area contributed by atoms with Crippen LogP contribution in [0.1, 0.15) is 25.7 Å². The zero-order valence-corrected chi connectivity index (χ0v) is 9.34. The van der Waals surface area contributed by atoms with Gasteiger partial charge in [-0.1, -0.05) is 12.2 Å². The second-order valence-electron chi connectivity index (χ2n) is 4.82. The molecule has 1 heterocycles. The van der Waals surface area contributed by atoms with Gasteiger partial charge in [0.15, 0.2) is 0 Å². The molecule has 1 saturated carbocycles. The average molecular weight is 194 g/mol. The van der Waals surface area contributed by atoms with Crippen LogP contribution in [0.2, 0.25) is 0 Å². The molecule has 2 nitrogen and oxygen atoms in total. The molecule has 2 fully saturated rings. The Morgan fingerprint density at radius 1 is 1.07 bits per heavy atom. The average Bonchev–Trinajstić information content (AvgIpc) is 2.21. The van der Waals surface area contributed by atoms with Crippen LogP contribution in [-0.4, -0.2) is 49.1 Å². The fourth-order valence-electron chi connectivity index (χ4n) is 2.56. The number of hydrogen-bond acceptors (Lipinski definition) is 2. The summed E-state index contributed by atoms with van der Waals surface area (Å²) in [4.78, 5) is 5.12. The van der Waals surface area contributed by atoms with Gasteiger partial charge in [-0.05, 0) is 32.7 Å². The van der Waals surface area contributed by atoms with Crippen molar-refractivity contribution in [3.8, 4) is 0 Å². The van der Waals surface area contributed by atoms with E-state index in [9.17, 15) is 0 Å². The topological polar surface area (TPSA) is 6.48 Å². The normalized spacial score (nSPS) is 28.2. The summed E-state index contributed by atoms with van der Waals surface area (Å²) in [5.41, 5.74) is 1.47. The van der Waals surface area contributed by atoms with Crippen LogP contribution in [0.25, 0.3) is 0 Å². The number of rotatable bonds is 1. The Bertz CT molecular complexity index is 194. The molecule has 80 valence electrons. The van der Waals surface area contributed by atoms with Crippen molar-refractivity contribution in [2.24, 2.45) is 0 Å². The summed E-state index contributed by atoms with van der Waals surface area (Å²) in [6, 6.07) is 0.856. The van der Waals surface area contributed by atoms with Crippen LogP contribution >= 0.6 is 0 Å². The molecule has 0 aromatic heterocycles. The Morgan fingerprint density at radius 3 is 2.21 bits per heavy atom. The van der Waals surface area contributed by atoms with E-state index >= 15 is 0 Å². The molecule has 0 unspecified atom stereocenters. The first kappa shape index (κ1) is 10.2. The fourth-order valence-corrected chi connectivity index (χ4v) is 2.56. The van der Waals surface area contributed by atoms with Crippen molar-refractivity contribution in [1.29, 1.82) is 0 Å². The van der Waals surface area contributed by atoms with Gasteiger partial charge in [0, 0.05) is 32.2 Å². The van der Waals surface area contributed by atoms with Crippen LogP contribution in [0.15, 0.2) is 12.2 Å². The van der Waals surface area contributed by atoms with Crippen molar-refractivity contribution >= 4 is 0 Å². The molecule has 0 bridgehead atoms. The molecule has 0 aromatic carbocycles. The Labute approximate surface area is 87.6 Å². The van der Waals surface area contributed by atoms with E-state index < -0.39 is 0 Å². The van der Waals surface area contributed by atoms with Gasteiger partial charge in [-0.25, -0.2) is 0 Å². The van der Waals surface area contributed by atoms with E-state index in [-0.39, 0.29) is 0 Å². The predicted octanol–water partition coefficient (Wildman–Crippen LogP) is 1.73. The number of nitrogens with zero attached hydrogens (tertiary/aromatic N) is 2. The Kier molecular flexibility index (Phi) is 3.24. The van der Waals surface area contributed by atoms with Gasteiger partial charge < -0.3 is 4.90 Å². The van der Waals surface area contributed by atoms with Gasteiger partial charge in [-0.3, -0.25) is 4.90 Å². The maximum atomic E-state index is 4.08. The summed E-state index contributed by atoms with van der Waals surface area (Å²) in [7, 11) is 2.22. The van der Waals surface area contributed by atoms with E-state index in [0.717, 1.165) is 6.04 Å². The Morgan fingerprint density at radius 2 is 1.64 bits per heavy atom. The van der Waals surface area contributed by atoms with Crippen LogP contribution in [-0.2, 0) is 0 Å².